The fourth-order valence-corrected chi connectivity index (χ4v) is 3.76. The maximum atomic E-state index is 11.8. The third-order valence-corrected chi connectivity index (χ3v) is 6.05. The number of rotatable bonds is 23. The molecule has 0 aromatic carbocycles. The number of hydrogen-bond acceptors (Lipinski definition) is 4. The molecule has 1 unspecified atom stereocenters. The molecule has 184 valence electrons. The number of carbonyl (C=O) groups is 2. The van der Waals surface area contributed by atoms with Gasteiger partial charge in [0.2, 0.25) is 0 Å². The molecule has 0 amide bonds. The first kappa shape index (κ1) is 29.9. The Morgan fingerprint density at radius 2 is 1.06 bits per heavy atom. The predicted molar refractivity (Wildman–Crippen MR) is 130 cm³/mol. The lowest BCUT2D eigenvalue weighted by atomic mass is 10.0. The van der Waals surface area contributed by atoms with Gasteiger partial charge in [-0.15, -0.1) is 0 Å². The van der Waals surface area contributed by atoms with Gasteiger partial charge in [0.05, 0.1) is 13.2 Å². The van der Waals surface area contributed by atoms with E-state index < -0.39 is 0 Å². The van der Waals surface area contributed by atoms with Gasteiger partial charge in [0.25, 0.3) is 0 Å². The summed E-state index contributed by atoms with van der Waals surface area (Å²) in [4.78, 5) is 23.6. The van der Waals surface area contributed by atoms with E-state index in [4.69, 9.17) is 9.47 Å². The molecule has 0 aromatic rings. The van der Waals surface area contributed by atoms with Crippen LogP contribution in [0.2, 0.25) is 0 Å². The average Bonchev–Trinajstić information content (AvgIpc) is 2.77. The molecule has 1 atom stereocenters. The van der Waals surface area contributed by atoms with Crippen molar-refractivity contribution in [3.8, 4) is 0 Å². The highest BCUT2D eigenvalue weighted by Gasteiger charge is 2.11. The van der Waals surface area contributed by atoms with Crippen LogP contribution in [-0.4, -0.2) is 25.2 Å². The van der Waals surface area contributed by atoms with Gasteiger partial charge < -0.3 is 9.47 Å². The van der Waals surface area contributed by atoms with Crippen molar-refractivity contribution in [2.24, 2.45) is 5.92 Å². The minimum atomic E-state index is -0.191. The molecule has 0 aromatic heterocycles. The van der Waals surface area contributed by atoms with Crippen molar-refractivity contribution in [2.75, 3.05) is 13.2 Å². The number of ether oxygens (including phenoxy) is 2. The smallest absolute Gasteiger partial charge is 0.305 e. The van der Waals surface area contributed by atoms with Crippen LogP contribution in [0.3, 0.4) is 0 Å². The molecular formula is C27H52O4. The van der Waals surface area contributed by atoms with Crippen LogP contribution in [0.1, 0.15) is 143 Å². The zero-order chi connectivity index (χ0) is 23.0. The van der Waals surface area contributed by atoms with E-state index in [2.05, 4.69) is 20.8 Å². The largest absolute Gasteiger partial charge is 0.466 e. The Labute approximate surface area is 193 Å². The van der Waals surface area contributed by atoms with E-state index in [-0.39, 0.29) is 11.9 Å². The molecule has 31 heavy (non-hydrogen) atoms. The molecule has 0 saturated heterocycles. The molecule has 0 aliphatic rings. The highest BCUT2D eigenvalue weighted by atomic mass is 16.5. The van der Waals surface area contributed by atoms with Crippen molar-refractivity contribution < 1.29 is 19.1 Å². The fourth-order valence-electron chi connectivity index (χ4n) is 3.76. The first-order valence-electron chi connectivity index (χ1n) is 13.4. The van der Waals surface area contributed by atoms with Gasteiger partial charge in [-0.25, -0.2) is 0 Å². The number of carbonyl (C=O) groups excluding carboxylic acids is 2. The quantitative estimate of drug-likeness (QED) is 0.119. The molecule has 0 spiro atoms. The van der Waals surface area contributed by atoms with Gasteiger partial charge >= 0.3 is 11.9 Å². The molecule has 0 heterocycles. The maximum Gasteiger partial charge on any atom is 0.305 e. The summed E-state index contributed by atoms with van der Waals surface area (Å²) in [5.41, 5.74) is 0. The van der Waals surface area contributed by atoms with Crippen molar-refractivity contribution in [2.45, 2.75) is 143 Å². The lowest BCUT2D eigenvalue weighted by molar-refractivity contribution is -0.146. The van der Waals surface area contributed by atoms with E-state index in [1.807, 2.05) is 0 Å². The summed E-state index contributed by atoms with van der Waals surface area (Å²) in [6, 6.07) is 0. The first-order chi connectivity index (χ1) is 15.1. The zero-order valence-electron chi connectivity index (χ0n) is 21.1. The third-order valence-electron chi connectivity index (χ3n) is 6.05. The Bertz CT molecular complexity index is 408. The molecule has 0 N–H and O–H groups in total. The van der Waals surface area contributed by atoms with E-state index >= 15 is 0 Å². The van der Waals surface area contributed by atoms with E-state index in [1.165, 1.54) is 77.0 Å². The molecule has 0 fully saturated rings. The Hall–Kier alpha value is -1.06. The van der Waals surface area contributed by atoms with Gasteiger partial charge in [-0.3, -0.25) is 9.59 Å². The molecule has 0 rings (SSSR count). The second kappa shape index (κ2) is 23.6. The van der Waals surface area contributed by atoms with E-state index in [0.717, 1.165) is 25.7 Å². The van der Waals surface area contributed by atoms with Crippen LogP contribution in [0.15, 0.2) is 0 Å². The molecular weight excluding hydrogens is 388 g/mol. The lowest BCUT2D eigenvalue weighted by Gasteiger charge is -2.14. The van der Waals surface area contributed by atoms with Gasteiger partial charge in [-0.05, 0) is 25.2 Å². The van der Waals surface area contributed by atoms with Gasteiger partial charge in [0, 0.05) is 12.8 Å². The van der Waals surface area contributed by atoms with E-state index in [0.29, 0.717) is 38.4 Å². The summed E-state index contributed by atoms with van der Waals surface area (Å²) < 4.78 is 10.6. The normalized spacial score (nSPS) is 12.0. The van der Waals surface area contributed by atoms with Crippen molar-refractivity contribution >= 4 is 11.9 Å². The number of hydrogen-bond donors (Lipinski definition) is 0. The summed E-state index contributed by atoms with van der Waals surface area (Å²) in [5, 5.41) is 0. The molecule has 4 nitrogen and oxygen atoms in total. The van der Waals surface area contributed by atoms with Gasteiger partial charge in [0.15, 0.2) is 0 Å². The highest BCUT2D eigenvalue weighted by Crippen LogP contribution is 2.14. The fraction of sp³-hybridized carbons (Fsp3) is 0.926. The second-order valence-corrected chi connectivity index (χ2v) is 9.06. The van der Waals surface area contributed by atoms with Gasteiger partial charge in [-0.2, -0.15) is 0 Å². The Kier molecular flexibility index (Phi) is 22.8. The second-order valence-electron chi connectivity index (χ2n) is 9.06. The van der Waals surface area contributed by atoms with E-state index in [9.17, 15) is 9.59 Å². The minimum absolute atomic E-state index is 0.190. The molecule has 0 radical (unpaired) electrons. The maximum absolute atomic E-state index is 11.8. The summed E-state index contributed by atoms with van der Waals surface area (Å²) in [6.07, 6.45) is 21.2. The average molecular weight is 441 g/mol. The molecule has 0 aliphatic heterocycles. The van der Waals surface area contributed by atoms with Crippen LogP contribution in [0.4, 0.5) is 0 Å². The standard InChI is InChI=1S/C27H52O4/c1-4-7-9-10-11-12-13-14-15-16-17-18-23-30-26(28)21-19-22-27(29)31-24-25(6-3)20-8-5-2/h25H,4-24H2,1-3H3. The Balaban J connectivity index is 3.42. The molecule has 4 heteroatoms. The van der Waals surface area contributed by atoms with Crippen molar-refractivity contribution in [1.82, 2.24) is 0 Å². The monoisotopic (exact) mass is 440 g/mol. The van der Waals surface area contributed by atoms with Crippen LogP contribution in [0, 0.1) is 5.92 Å². The summed E-state index contributed by atoms with van der Waals surface area (Å²) in [6.45, 7) is 7.60. The van der Waals surface area contributed by atoms with E-state index in [1.54, 1.807) is 0 Å². The summed E-state index contributed by atoms with van der Waals surface area (Å²) in [5.74, 6) is 0.0818. The van der Waals surface area contributed by atoms with Crippen molar-refractivity contribution in [1.29, 1.82) is 0 Å². The summed E-state index contributed by atoms with van der Waals surface area (Å²) in [7, 11) is 0. The van der Waals surface area contributed by atoms with Gasteiger partial charge in [-0.1, -0.05) is 111 Å². The van der Waals surface area contributed by atoms with Crippen molar-refractivity contribution in [3.05, 3.63) is 0 Å². The Morgan fingerprint density at radius 3 is 1.58 bits per heavy atom. The van der Waals surface area contributed by atoms with Crippen LogP contribution >= 0.6 is 0 Å². The molecule has 0 bridgehead atoms. The third kappa shape index (κ3) is 21.9. The van der Waals surface area contributed by atoms with Gasteiger partial charge in [0.1, 0.15) is 0 Å². The number of unbranched alkanes of at least 4 members (excludes halogenated alkanes) is 12. The summed E-state index contributed by atoms with van der Waals surface area (Å²) >= 11 is 0. The highest BCUT2D eigenvalue weighted by molar-refractivity contribution is 5.72. The first-order valence-corrected chi connectivity index (χ1v) is 13.4. The lowest BCUT2D eigenvalue weighted by Crippen LogP contribution is -2.14. The minimum Gasteiger partial charge on any atom is -0.466 e. The van der Waals surface area contributed by atoms with Crippen LogP contribution in [0.5, 0.6) is 0 Å². The molecule has 0 aliphatic carbocycles. The predicted octanol–water partition coefficient (Wildman–Crippen LogP) is 8.16. The van der Waals surface area contributed by atoms with Crippen LogP contribution in [0.25, 0.3) is 0 Å². The molecule has 0 saturated carbocycles. The topological polar surface area (TPSA) is 52.6 Å². The van der Waals surface area contributed by atoms with Crippen LogP contribution < -0.4 is 0 Å². The van der Waals surface area contributed by atoms with Crippen LogP contribution in [-0.2, 0) is 19.1 Å². The Morgan fingerprint density at radius 1 is 0.581 bits per heavy atom. The van der Waals surface area contributed by atoms with Crippen molar-refractivity contribution in [3.63, 3.8) is 0 Å². The number of esters is 2. The zero-order valence-corrected chi connectivity index (χ0v) is 21.1. The SMILES string of the molecule is CCCCCCCCCCCCCCOC(=O)CCCC(=O)OCC(CC)CCCC.